The van der Waals surface area contributed by atoms with Crippen molar-refractivity contribution >= 4 is 17.0 Å². The number of pyridine rings is 1. The molecule has 0 unspecified atom stereocenters. The number of nitrogens with one attached hydrogen (secondary N) is 2. The minimum atomic E-state index is 0.601. The normalized spacial score (nSPS) is 11.0. The van der Waals surface area contributed by atoms with Gasteiger partial charge in [0.05, 0.1) is 22.4 Å². The Balaban J connectivity index is 1.49. The van der Waals surface area contributed by atoms with E-state index in [0.29, 0.717) is 6.54 Å². The number of anilines is 1. The first kappa shape index (κ1) is 16.3. The summed E-state index contributed by atoms with van der Waals surface area (Å²) in [5, 5.41) is 8.21. The van der Waals surface area contributed by atoms with Gasteiger partial charge in [-0.1, -0.05) is 30.3 Å². The molecule has 2 N–H and O–H groups in total. The Kier molecular flexibility index (Phi) is 4.06. The predicted molar refractivity (Wildman–Crippen MR) is 110 cm³/mol. The minimum absolute atomic E-state index is 0.601. The van der Waals surface area contributed by atoms with Gasteiger partial charge in [-0.3, -0.25) is 4.98 Å². The van der Waals surface area contributed by atoms with Crippen LogP contribution in [0.3, 0.4) is 0 Å². The SMILES string of the molecule is c1ccc(-n2cc(CNc3nc4ccccc4[nH]3)c(-c3ccncc3)n2)cc1. The highest BCUT2D eigenvalue weighted by Gasteiger charge is 2.13. The van der Waals surface area contributed by atoms with Crippen LogP contribution in [0.5, 0.6) is 0 Å². The van der Waals surface area contributed by atoms with Crippen LogP contribution in [0, 0.1) is 0 Å². The van der Waals surface area contributed by atoms with Crippen LogP contribution in [-0.2, 0) is 6.54 Å². The highest BCUT2D eigenvalue weighted by Crippen LogP contribution is 2.24. The van der Waals surface area contributed by atoms with Crippen molar-refractivity contribution in [1.29, 1.82) is 0 Å². The van der Waals surface area contributed by atoms with Gasteiger partial charge in [0.25, 0.3) is 0 Å². The molecule has 6 heteroatoms. The van der Waals surface area contributed by atoms with Crippen LogP contribution in [0.2, 0.25) is 0 Å². The second kappa shape index (κ2) is 7.00. The van der Waals surface area contributed by atoms with E-state index in [9.17, 15) is 0 Å². The second-order valence-electron chi connectivity index (χ2n) is 6.48. The Bertz CT molecular complexity index is 1170. The number of rotatable bonds is 5. The fourth-order valence-electron chi connectivity index (χ4n) is 3.22. The van der Waals surface area contributed by atoms with Crippen molar-refractivity contribution in [2.75, 3.05) is 5.32 Å². The highest BCUT2D eigenvalue weighted by atomic mass is 15.3. The van der Waals surface area contributed by atoms with Gasteiger partial charge in [0.2, 0.25) is 5.95 Å². The van der Waals surface area contributed by atoms with Gasteiger partial charge in [0.1, 0.15) is 0 Å². The molecule has 6 nitrogen and oxygen atoms in total. The quantitative estimate of drug-likeness (QED) is 0.483. The molecule has 5 rings (SSSR count). The fourth-order valence-corrected chi connectivity index (χ4v) is 3.22. The Hall–Kier alpha value is -3.93. The van der Waals surface area contributed by atoms with E-state index >= 15 is 0 Å². The Labute approximate surface area is 161 Å². The molecular weight excluding hydrogens is 348 g/mol. The average molecular weight is 366 g/mol. The summed E-state index contributed by atoms with van der Waals surface area (Å²) in [5.41, 5.74) is 6.02. The van der Waals surface area contributed by atoms with E-state index in [-0.39, 0.29) is 0 Å². The van der Waals surface area contributed by atoms with Gasteiger partial charge in [-0.25, -0.2) is 9.67 Å². The summed E-state index contributed by atoms with van der Waals surface area (Å²) >= 11 is 0. The number of hydrogen-bond acceptors (Lipinski definition) is 4. The van der Waals surface area contributed by atoms with Crippen LogP contribution >= 0.6 is 0 Å². The summed E-state index contributed by atoms with van der Waals surface area (Å²) in [6, 6.07) is 22.0. The molecule has 2 aromatic carbocycles. The van der Waals surface area contributed by atoms with E-state index < -0.39 is 0 Å². The first-order valence-electron chi connectivity index (χ1n) is 9.10. The van der Waals surface area contributed by atoms with Gasteiger partial charge in [-0.15, -0.1) is 0 Å². The van der Waals surface area contributed by atoms with Crippen LogP contribution in [0.4, 0.5) is 5.95 Å². The summed E-state index contributed by atoms with van der Waals surface area (Å²) in [5.74, 6) is 0.745. The number of hydrogen-bond donors (Lipinski definition) is 2. The molecule has 0 spiro atoms. The molecule has 0 saturated heterocycles. The van der Waals surface area contributed by atoms with Crippen LogP contribution in [0.15, 0.2) is 85.3 Å². The Morgan fingerprint density at radius 3 is 2.50 bits per heavy atom. The number of benzene rings is 2. The van der Waals surface area contributed by atoms with E-state index in [1.54, 1.807) is 12.4 Å². The summed E-state index contributed by atoms with van der Waals surface area (Å²) in [7, 11) is 0. The van der Waals surface area contributed by atoms with E-state index in [0.717, 1.165) is 39.5 Å². The number of aromatic nitrogens is 5. The van der Waals surface area contributed by atoms with Gasteiger partial charge in [-0.05, 0) is 36.4 Å². The van der Waals surface area contributed by atoms with Crippen LogP contribution < -0.4 is 5.32 Å². The maximum Gasteiger partial charge on any atom is 0.201 e. The minimum Gasteiger partial charge on any atom is -0.352 e. The Morgan fingerprint density at radius 2 is 1.68 bits per heavy atom. The van der Waals surface area contributed by atoms with Crippen molar-refractivity contribution < 1.29 is 0 Å². The third-order valence-electron chi connectivity index (χ3n) is 4.60. The summed E-state index contributed by atoms with van der Waals surface area (Å²) in [6.07, 6.45) is 5.63. The average Bonchev–Trinajstić information content (AvgIpc) is 3.37. The predicted octanol–water partition coefficient (Wildman–Crippen LogP) is 4.42. The van der Waals surface area contributed by atoms with Gasteiger partial charge in [0.15, 0.2) is 0 Å². The van der Waals surface area contributed by atoms with Crippen molar-refractivity contribution in [3.8, 4) is 16.9 Å². The summed E-state index contributed by atoms with van der Waals surface area (Å²) < 4.78 is 1.91. The highest BCUT2D eigenvalue weighted by molar-refractivity contribution is 5.77. The molecule has 0 atom stereocenters. The van der Waals surface area contributed by atoms with E-state index in [2.05, 4.69) is 26.5 Å². The van der Waals surface area contributed by atoms with Gasteiger partial charge < -0.3 is 10.3 Å². The standard InChI is InChI=1S/C22H18N6/c1-2-6-18(7-3-1)28-15-17(21(27-28)16-10-12-23-13-11-16)14-24-22-25-19-8-4-5-9-20(19)26-22/h1-13,15H,14H2,(H2,24,25,26). The monoisotopic (exact) mass is 366 g/mol. The number of H-pyrrole nitrogens is 1. The lowest BCUT2D eigenvalue weighted by Gasteiger charge is -2.03. The largest absolute Gasteiger partial charge is 0.352 e. The molecule has 0 amide bonds. The van der Waals surface area contributed by atoms with E-state index in [4.69, 9.17) is 5.10 Å². The molecule has 0 aliphatic carbocycles. The molecule has 136 valence electrons. The number of fused-ring (bicyclic) bond motifs is 1. The fraction of sp³-hybridized carbons (Fsp3) is 0.0455. The lowest BCUT2D eigenvalue weighted by Crippen LogP contribution is -2.01. The molecule has 0 aliphatic heterocycles. The summed E-state index contributed by atoms with van der Waals surface area (Å²) in [4.78, 5) is 12.0. The molecule has 0 aliphatic rings. The lowest BCUT2D eigenvalue weighted by molar-refractivity contribution is 0.883. The van der Waals surface area contributed by atoms with E-state index in [1.807, 2.05) is 71.4 Å². The molecule has 0 radical (unpaired) electrons. The maximum atomic E-state index is 4.82. The number of para-hydroxylation sites is 3. The molecule has 28 heavy (non-hydrogen) atoms. The van der Waals surface area contributed by atoms with Crippen molar-refractivity contribution in [1.82, 2.24) is 24.7 Å². The zero-order chi connectivity index (χ0) is 18.8. The van der Waals surface area contributed by atoms with Crippen molar-refractivity contribution in [3.63, 3.8) is 0 Å². The molecular formula is C22H18N6. The van der Waals surface area contributed by atoms with E-state index in [1.165, 1.54) is 0 Å². The third-order valence-corrected chi connectivity index (χ3v) is 4.60. The van der Waals surface area contributed by atoms with Gasteiger partial charge >= 0.3 is 0 Å². The molecule has 3 aromatic heterocycles. The maximum absolute atomic E-state index is 4.82. The van der Waals surface area contributed by atoms with Crippen LogP contribution in [0.1, 0.15) is 5.56 Å². The second-order valence-corrected chi connectivity index (χ2v) is 6.48. The van der Waals surface area contributed by atoms with Crippen molar-refractivity contribution in [2.45, 2.75) is 6.54 Å². The third kappa shape index (κ3) is 3.12. The molecule has 0 fully saturated rings. The number of imidazole rings is 1. The summed E-state index contributed by atoms with van der Waals surface area (Å²) in [6.45, 7) is 0.601. The van der Waals surface area contributed by atoms with Crippen molar-refractivity contribution in [3.05, 3.63) is 90.9 Å². The van der Waals surface area contributed by atoms with Gasteiger partial charge in [-0.2, -0.15) is 5.10 Å². The molecule has 0 saturated carbocycles. The van der Waals surface area contributed by atoms with Gasteiger partial charge in [0, 0.05) is 36.3 Å². The Morgan fingerprint density at radius 1 is 0.893 bits per heavy atom. The zero-order valence-electron chi connectivity index (χ0n) is 15.1. The first-order valence-corrected chi connectivity index (χ1v) is 9.10. The lowest BCUT2D eigenvalue weighted by atomic mass is 10.1. The molecule has 3 heterocycles. The molecule has 0 bridgehead atoms. The molecule has 5 aromatic rings. The topological polar surface area (TPSA) is 71.4 Å². The van der Waals surface area contributed by atoms with Crippen LogP contribution in [-0.4, -0.2) is 24.7 Å². The first-order chi connectivity index (χ1) is 13.9. The van der Waals surface area contributed by atoms with Crippen molar-refractivity contribution in [2.24, 2.45) is 0 Å². The number of aromatic amines is 1. The number of nitrogens with zero attached hydrogens (tertiary/aromatic N) is 4. The van der Waals surface area contributed by atoms with Crippen LogP contribution in [0.25, 0.3) is 28.0 Å². The zero-order valence-corrected chi connectivity index (χ0v) is 15.1. The smallest absolute Gasteiger partial charge is 0.201 e.